The third-order valence-corrected chi connectivity index (χ3v) is 5.92. The molecule has 108 valence electrons. The van der Waals surface area contributed by atoms with Crippen molar-refractivity contribution >= 4 is 37.8 Å². The molecule has 1 aromatic carbocycles. The van der Waals surface area contributed by atoms with Crippen LogP contribution in [0.1, 0.15) is 42.5 Å². The zero-order chi connectivity index (χ0) is 14.1. The summed E-state index contributed by atoms with van der Waals surface area (Å²) < 4.78 is 1.84. The molecule has 1 saturated heterocycles. The monoisotopic (exact) mass is 399 g/mol. The third kappa shape index (κ3) is 2.96. The van der Waals surface area contributed by atoms with Crippen molar-refractivity contribution in [3.8, 4) is 0 Å². The fraction of sp³-hybridized carbons (Fsp3) is 0.562. The Morgan fingerprint density at radius 1 is 1.10 bits per heavy atom. The van der Waals surface area contributed by atoms with Crippen molar-refractivity contribution in [1.29, 1.82) is 0 Å². The number of carbonyl (C=O) groups is 1. The highest BCUT2D eigenvalue weighted by Gasteiger charge is 2.33. The number of rotatable bonds is 1. The van der Waals surface area contributed by atoms with E-state index in [0.717, 1.165) is 39.4 Å². The minimum absolute atomic E-state index is 0.169. The molecule has 0 bridgehead atoms. The van der Waals surface area contributed by atoms with E-state index in [4.69, 9.17) is 0 Å². The van der Waals surface area contributed by atoms with E-state index in [9.17, 15) is 4.79 Å². The molecule has 1 heterocycles. The van der Waals surface area contributed by atoms with E-state index in [1.165, 1.54) is 32.1 Å². The molecule has 20 heavy (non-hydrogen) atoms. The summed E-state index contributed by atoms with van der Waals surface area (Å²) in [6.07, 6.45) is 6.57. The Bertz CT molecular complexity index is 517. The van der Waals surface area contributed by atoms with E-state index in [1.807, 2.05) is 18.2 Å². The van der Waals surface area contributed by atoms with Crippen LogP contribution in [0.3, 0.4) is 0 Å². The number of piperidine rings is 1. The van der Waals surface area contributed by atoms with Gasteiger partial charge in [-0.05, 0) is 58.8 Å². The van der Waals surface area contributed by atoms with Gasteiger partial charge >= 0.3 is 0 Å². The average Bonchev–Trinajstić information content (AvgIpc) is 2.48. The van der Waals surface area contributed by atoms with Crippen molar-refractivity contribution in [3.05, 3.63) is 32.7 Å². The number of hydrogen-bond acceptors (Lipinski definition) is 1. The van der Waals surface area contributed by atoms with Gasteiger partial charge < -0.3 is 4.90 Å². The molecule has 2 unspecified atom stereocenters. The number of carbonyl (C=O) groups excluding carboxylic acids is 1. The largest absolute Gasteiger partial charge is 0.338 e. The molecule has 2 nitrogen and oxygen atoms in total. The number of benzene rings is 1. The SMILES string of the molecule is O=C(c1cc(Br)ccc1Br)N1CCC2CCCCC2C1. The molecule has 3 rings (SSSR count). The Labute approximate surface area is 137 Å². The summed E-state index contributed by atoms with van der Waals surface area (Å²) in [5.41, 5.74) is 0.772. The van der Waals surface area contributed by atoms with E-state index in [1.54, 1.807) is 0 Å². The van der Waals surface area contributed by atoms with Crippen molar-refractivity contribution in [3.63, 3.8) is 0 Å². The molecule has 1 aliphatic heterocycles. The molecule has 1 aliphatic carbocycles. The molecule has 0 radical (unpaired) electrons. The van der Waals surface area contributed by atoms with E-state index in [0.29, 0.717) is 0 Å². The van der Waals surface area contributed by atoms with E-state index in [2.05, 4.69) is 36.8 Å². The quantitative estimate of drug-likeness (QED) is 0.658. The molecular weight excluding hydrogens is 382 g/mol. The molecule has 1 saturated carbocycles. The van der Waals surface area contributed by atoms with Gasteiger partial charge in [-0.15, -0.1) is 0 Å². The summed E-state index contributed by atoms with van der Waals surface area (Å²) in [4.78, 5) is 14.8. The molecule has 0 spiro atoms. The van der Waals surface area contributed by atoms with E-state index < -0.39 is 0 Å². The van der Waals surface area contributed by atoms with Gasteiger partial charge in [0.1, 0.15) is 0 Å². The maximum Gasteiger partial charge on any atom is 0.255 e. The lowest BCUT2D eigenvalue weighted by molar-refractivity contribution is 0.0520. The van der Waals surface area contributed by atoms with Crippen LogP contribution in [0.5, 0.6) is 0 Å². The molecule has 4 heteroatoms. The van der Waals surface area contributed by atoms with Gasteiger partial charge in [-0.25, -0.2) is 0 Å². The molecular formula is C16H19Br2NO. The van der Waals surface area contributed by atoms with Crippen LogP contribution in [0.4, 0.5) is 0 Å². The van der Waals surface area contributed by atoms with Crippen LogP contribution in [0.15, 0.2) is 27.1 Å². The van der Waals surface area contributed by atoms with Crippen LogP contribution in [0, 0.1) is 11.8 Å². The third-order valence-electron chi connectivity index (χ3n) is 4.74. The highest BCUT2D eigenvalue weighted by atomic mass is 79.9. The standard InChI is InChI=1S/C16H19Br2NO/c17-13-5-6-15(18)14(9-13)16(20)19-8-7-11-3-1-2-4-12(11)10-19/h5-6,9,11-12H,1-4,7-8,10H2. The first kappa shape index (κ1) is 14.6. The molecule has 2 fully saturated rings. The van der Waals surface area contributed by atoms with Gasteiger partial charge in [0.25, 0.3) is 5.91 Å². The van der Waals surface area contributed by atoms with Gasteiger partial charge in [0.15, 0.2) is 0 Å². The number of hydrogen-bond donors (Lipinski definition) is 0. The number of fused-ring (bicyclic) bond motifs is 1. The first-order valence-corrected chi connectivity index (χ1v) is 8.98. The summed E-state index contributed by atoms with van der Waals surface area (Å²) in [5, 5.41) is 0. The maximum atomic E-state index is 12.7. The van der Waals surface area contributed by atoms with Crippen LogP contribution >= 0.6 is 31.9 Å². The van der Waals surface area contributed by atoms with Gasteiger partial charge in [-0.1, -0.05) is 35.2 Å². The minimum Gasteiger partial charge on any atom is -0.338 e. The maximum absolute atomic E-state index is 12.7. The molecule has 2 atom stereocenters. The summed E-state index contributed by atoms with van der Waals surface area (Å²) >= 11 is 6.95. The van der Waals surface area contributed by atoms with Crippen LogP contribution in [-0.4, -0.2) is 23.9 Å². The van der Waals surface area contributed by atoms with Crippen LogP contribution in [0.25, 0.3) is 0 Å². The van der Waals surface area contributed by atoms with Crippen molar-refractivity contribution in [1.82, 2.24) is 4.90 Å². The second-order valence-electron chi connectivity index (χ2n) is 5.97. The molecule has 2 aliphatic rings. The predicted octanol–water partition coefficient (Wildman–Crippen LogP) is 4.86. The summed E-state index contributed by atoms with van der Waals surface area (Å²) in [6.45, 7) is 1.86. The Kier molecular flexibility index (Phi) is 4.51. The number of amides is 1. The fourth-order valence-electron chi connectivity index (χ4n) is 3.62. The lowest BCUT2D eigenvalue weighted by Crippen LogP contribution is -2.44. The van der Waals surface area contributed by atoms with Gasteiger partial charge in [-0.3, -0.25) is 4.79 Å². The normalized spacial score (nSPS) is 26.2. The first-order chi connectivity index (χ1) is 9.65. The van der Waals surface area contributed by atoms with Gasteiger partial charge in [0.2, 0.25) is 0 Å². The lowest BCUT2D eigenvalue weighted by Gasteiger charge is -2.41. The van der Waals surface area contributed by atoms with E-state index >= 15 is 0 Å². The average molecular weight is 401 g/mol. The Hall–Kier alpha value is -0.350. The summed E-state index contributed by atoms with van der Waals surface area (Å²) in [5.74, 6) is 1.76. The van der Waals surface area contributed by atoms with E-state index in [-0.39, 0.29) is 5.91 Å². The lowest BCUT2D eigenvalue weighted by atomic mass is 9.75. The minimum atomic E-state index is 0.169. The summed E-state index contributed by atoms with van der Waals surface area (Å²) in [7, 11) is 0. The van der Waals surface area contributed by atoms with Crippen molar-refractivity contribution in [2.45, 2.75) is 32.1 Å². The van der Waals surface area contributed by atoms with Crippen molar-refractivity contribution in [2.24, 2.45) is 11.8 Å². The van der Waals surface area contributed by atoms with Crippen molar-refractivity contribution < 1.29 is 4.79 Å². The zero-order valence-corrected chi connectivity index (χ0v) is 14.6. The van der Waals surface area contributed by atoms with Gasteiger partial charge in [-0.2, -0.15) is 0 Å². The van der Waals surface area contributed by atoms with Crippen LogP contribution in [-0.2, 0) is 0 Å². The molecule has 0 aromatic heterocycles. The first-order valence-electron chi connectivity index (χ1n) is 7.39. The predicted molar refractivity (Wildman–Crippen MR) is 87.8 cm³/mol. The Morgan fingerprint density at radius 2 is 1.85 bits per heavy atom. The second kappa shape index (κ2) is 6.18. The van der Waals surface area contributed by atoms with Crippen molar-refractivity contribution in [2.75, 3.05) is 13.1 Å². The smallest absolute Gasteiger partial charge is 0.255 e. The Balaban J connectivity index is 1.76. The topological polar surface area (TPSA) is 20.3 Å². The Morgan fingerprint density at radius 3 is 2.65 bits per heavy atom. The highest BCUT2D eigenvalue weighted by molar-refractivity contribution is 9.11. The van der Waals surface area contributed by atoms with Gasteiger partial charge in [0, 0.05) is 22.0 Å². The second-order valence-corrected chi connectivity index (χ2v) is 7.74. The fourth-order valence-corrected chi connectivity index (χ4v) is 4.39. The van der Waals surface area contributed by atoms with Crippen LogP contribution in [0.2, 0.25) is 0 Å². The highest BCUT2D eigenvalue weighted by Crippen LogP contribution is 2.36. The number of likely N-dealkylation sites (tertiary alicyclic amines) is 1. The molecule has 1 amide bonds. The zero-order valence-electron chi connectivity index (χ0n) is 11.4. The molecule has 0 N–H and O–H groups in total. The number of halogens is 2. The molecule has 1 aromatic rings. The van der Waals surface area contributed by atoms with Gasteiger partial charge in [0.05, 0.1) is 5.56 Å². The van der Waals surface area contributed by atoms with Crippen LogP contribution < -0.4 is 0 Å². The number of nitrogens with zero attached hydrogens (tertiary/aromatic N) is 1. The summed E-state index contributed by atoms with van der Waals surface area (Å²) in [6, 6.07) is 5.80.